The van der Waals surface area contributed by atoms with Gasteiger partial charge in [-0.15, -0.1) is 0 Å². The van der Waals surface area contributed by atoms with Crippen LogP contribution in [-0.2, 0) is 0 Å². The average molecular weight is 183 g/mol. The molecule has 13 heavy (non-hydrogen) atoms. The van der Waals surface area contributed by atoms with Crippen LogP contribution in [0.5, 0.6) is 0 Å². The SMILES string of the molecule is CNC(=O)N1CC2(CCNCC2)C1. The van der Waals surface area contributed by atoms with Gasteiger partial charge in [-0.1, -0.05) is 0 Å². The Hall–Kier alpha value is -0.770. The van der Waals surface area contributed by atoms with Crippen LogP contribution in [0.4, 0.5) is 4.79 Å². The maximum absolute atomic E-state index is 11.2. The van der Waals surface area contributed by atoms with Gasteiger partial charge in [-0.05, 0) is 25.9 Å². The Morgan fingerprint density at radius 1 is 1.38 bits per heavy atom. The molecule has 0 radical (unpaired) electrons. The number of urea groups is 1. The highest BCUT2D eigenvalue weighted by Crippen LogP contribution is 2.38. The molecule has 4 nitrogen and oxygen atoms in total. The predicted molar refractivity (Wildman–Crippen MR) is 50.6 cm³/mol. The average Bonchev–Trinajstić information content (AvgIpc) is 2.14. The first-order valence-corrected chi connectivity index (χ1v) is 4.93. The summed E-state index contributed by atoms with van der Waals surface area (Å²) in [6.45, 7) is 4.13. The van der Waals surface area contributed by atoms with Gasteiger partial charge in [0.05, 0.1) is 0 Å². The van der Waals surface area contributed by atoms with E-state index in [2.05, 4.69) is 10.6 Å². The van der Waals surface area contributed by atoms with Gasteiger partial charge in [0.2, 0.25) is 0 Å². The molecule has 0 aromatic heterocycles. The number of carbonyl (C=O) groups excluding carboxylic acids is 1. The molecule has 0 saturated carbocycles. The van der Waals surface area contributed by atoms with Gasteiger partial charge in [0, 0.05) is 25.6 Å². The number of rotatable bonds is 0. The minimum atomic E-state index is 0.0733. The first-order chi connectivity index (χ1) is 6.26. The van der Waals surface area contributed by atoms with Gasteiger partial charge >= 0.3 is 6.03 Å². The third kappa shape index (κ3) is 1.50. The summed E-state index contributed by atoms with van der Waals surface area (Å²) in [5.41, 5.74) is 0.456. The lowest BCUT2D eigenvalue weighted by atomic mass is 9.72. The number of carbonyl (C=O) groups is 1. The maximum Gasteiger partial charge on any atom is 0.317 e. The van der Waals surface area contributed by atoms with Crippen LogP contribution in [-0.4, -0.2) is 44.2 Å². The van der Waals surface area contributed by atoms with Crippen molar-refractivity contribution in [2.24, 2.45) is 5.41 Å². The van der Waals surface area contributed by atoms with Gasteiger partial charge in [-0.2, -0.15) is 0 Å². The highest BCUT2D eigenvalue weighted by Gasteiger charge is 2.45. The van der Waals surface area contributed by atoms with Crippen molar-refractivity contribution in [3.05, 3.63) is 0 Å². The molecule has 2 aliphatic heterocycles. The molecule has 2 heterocycles. The Kier molecular flexibility index (Phi) is 2.15. The van der Waals surface area contributed by atoms with E-state index >= 15 is 0 Å². The van der Waals surface area contributed by atoms with Crippen LogP contribution in [0.2, 0.25) is 0 Å². The molecule has 2 fully saturated rings. The summed E-state index contributed by atoms with van der Waals surface area (Å²) in [6.07, 6.45) is 2.45. The van der Waals surface area contributed by atoms with Crippen LogP contribution >= 0.6 is 0 Å². The third-order valence-corrected chi connectivity index (χ3v) is 3.22. The minimum absolute atomic E-state index is 0.0733. The van der Waals surface area contributed by atoms with Crippen LogP contribution in [0.3, 0.4) is 0 Å². The van der Waals surface area contributed by atoms with Crippen molar-refractivity contribution >= 4 is 6.03 Å². The second kappa shape index (κ2) is 3.18. The molecule has 0 aromatic rings. The molecule has 2 rings (SSSR count). The molecular formula is C9H17N3O. The van der Waals surface area contributed by atoms with Gasteiger partial charge in [0.25, 0.3) is 0 Å². The zero-order valence-electron chi connectivity index (χ0n) is 8.10. The summed E-state index contributed by atoms with van der Waals surface area (Å²) >= 11 is 0. The van der Waals surface area contributed by atoms with Crippen molar-refractivity contribution in [3.63, 3.8) is 0 Å². The number of likely N-dealkylation sites (tertiary alicyclic amines) is 1. The number of nitrogens with zero attached hydrogens (tertiary/aromatic N) is 1. The molecule has 2 amide bonds. The quantitative estimate of drug-likeness (QED) is 0.555. The summed E-state index contributed by atoms with van der Waals surface area (Å²) in [6, 6.07) is 0.0733. The van der Waals surface area contributed by atoms with Crippen molar-refractivity contribution in [1.29, 1.82) is 0 Å². The largest absolute Gasteiger partial charge is 0.341 e. The number of piperidine rings is 1. The second-order valence-corrected chi connectivity index (χ2v) is 4.16. The van der Waals surface area contributed by atoms with E-state index in [1.807, 2.05) is 4.90 Å². The lowest BCUT2D eigenvalue weighted by molar-refractivity contribution is 0.00701. The molecular weight excluding hydrogens is 166 g/mol. The van der Waals surface area contributed by atoms with Gasteiger partial charge in [0.15, 0.2) is 0 Å². The van der Waals surface area contributed by atoms with Gasteiger partial charge < -0.3 is 15.5 Å². The Balaban J connectivity index is 1.85. The second-order valence-electron chi connectivity index (χ2n) is 4.16. The monoisotopic (exact) mass is 183 g/mol. The van der Waals surface area contributed by atoms with E-state index in [0.717, 1.165) is 26.2 Å². The van der Waals surface area contributed by atoms with Crippen LogP contribution in [0, 0.1) is 5.41 Å². The van der Waals surface area contributed by atoms with Crippen LogP contribution in [0.25, 0.3) is 0 Å². The predicted octanol–water partition coefficient (Wildman–Crippen LogP) is 0.0112. The fourth-order valence-electron chi connectivity index (χ4n) is 2.34. The highest BCUT2D eigenvalue weighted by atomic mass is 16.2. The number of hydrogen-bond acceptors (Lipinski definition) is 2. The van der Waals surface area contributed by atoms with Gasteiger partial charge in [-0.3, -0.25) is 0 Å². The molecule has 74 valence electrons. The third-order valence-electron chi connectivity index (χ3n) is 3.22. The van der Waals surface area contributed by atoms with E-state index in [1.165, 1.54) is 12.8 Å². The van der Waals surface area contributed by atoms with Crippen molar-refractivity contribution in [2.45, 2.75) is 12.8 Å². The summed E-state index contributed by atoms with van der Waals surface area (Å²) < 4.78 is 0. The molecule has 0 atom stereocenters. The minimum Gasteiger partial charge on any atom is -0.341 e. The molecule has 0 bridgehead atoms. The van der Waals surface area contributed by atoms with E-state index in [4.69, 9.17) is 0 Å². The molecule has 2 saturated heterocycles. The van der Waals surface area contributed by atoms with Crippen LogP contribution in [0.1, 0.15) is 12.8 Å². The first kappa shape index (κ1) is 8.81. The molecule has 2 N–H and O–H groups in total. The van der Waals surface area contributed by atoms with E-state index in [1.54, 1.807) is 7.05 Å². The maximum atomic E-state index is 11.2. The van der Waals surface area contributed by atoms with E-state index in [-0.39, 0.29) is 6.03 Å². The van der Waals surface area contributed by atoms with E-state index < -0.39 is 0 Å². The molecule has 4 heteroatoms. The normalized spacial score (nSPS) is 25.5. The van der Waals surface area contributed by atoms with Crippen LogP contribution in [0.15, 0.2) is 0 Å². The summed E-state index contributed by atoms with van der Waals surface area (Å²) in [5.74, 6) is 0. The van der Waals surface area contributed by atoms with E-state index in [9.17, 15) is 4.79 Å². The van der Waals surface area contributed by atoms with Gasteiger partial charge in [0.1, 0.15) is 0 Å². The van der Waals surface area contributed by atoms with Crippen molar-refractivity contribution in [1.82, 2.24) is 15.5 Å². The lowest BCUT2D eigenvalue weighted by Crippen LogP contribution is -2.63. The van der Waals surface area contributed by atoms with Crippen molar-refractivity contribution in [2.75, 3.05) is 33.2 Å². The van der Waals surface area contributed by atoms with E-state index in [0.29, 0.717) is 5.41 Å². The summed E-state index contributed by atoms with van der Waals surface area (Å²) in [7, 11) is 1.69. The zero-order valence-corrected chi connectivity index (χ0v) is 8.10. The number of hydrogen-bond donors (Lipinski definition) is 2. The van der Waals surface area contributed by atoms with Crippen molar-refractivity contribution in [3.8, 4) is 0 Å². The Morgan fingerprint density at radius 3 is 2.54 bits per heavy atom. The molecule has 0 aromatic carbocycles. The number of nitrogens with one attached hydrogen (secondary N) is 2. The molecule has 0 aliphatic carbocycles. The summed E-state index contributed by atoms with van der Waals surface area (Å²) in [5, 5.41) is 6.01. The lowest BCUT2D eigenvalue weighted by Gasteiger charge is -2.52. The molecule has 2 aliphatic rings. The smallest absolute Gasteiger partial charge is 0.317 e. The highest BCUT2D eigenvalue weighted by molar-refractivity contribution is 5.74. The topological polar surface area (TPSA) is 44.4 Å². The zero-order chi connectivity index (χ0) is 9.31. The molecule has 0 unspecified atom stereocenters. The van der Waals surface area contributed by atoms with Gasteiger partial charge in [-0.25, -0.2) is 4.79 Å². The van der Waals surface area contributed by atoms with Crippen molar-refractivity contribution < 1.29 is 4.79 Å². The Labute approximate surface area is 78.7 Å². The Bertz CT molecular complexity index is 203. The Morgan fingerprint density at radius 2 is 2.00 bits per heavy atom. The summed E-state index contributed by atoms with van der Waals surface area (Å²) in [4.78, 5) is 13.1. The first-order valence-electron chi connectivity index (χ1n) is 4.93. The fourth-order valence-corrected chi connectivity index (χ4v) is 2.34. The standard InChI is InChI=1S/C9H17N3O/c1-10-8(13)12-6-9(7-12)2-4-11-5-3-9/h11H,2-7H2,1H3,(H,10,13). The molecule has 1 spiro atoms. The number of amides is 2. The fraction of sp³-hybridized carbons (Fsp3) is 0.889. The van der Waals surface area contributed by atoms with Crippen LogP contribution < -0.4 is 10.6 Å².